The fourth-order valence-electron chi connectivity index (χ4n) is 2.13. The van der Waals surface area contributed by atoms with Gasteiger partial charge < -0.3 is 15.7 Å². The van der Waals surface area contributed by atoms with Crippen molar-refractivity contribution in [1.82, 2.24) is 4.90 Å². The first-order valence-corrected chi connectivity index (χ1v) is 4.86. The van der Waals surface area contributed by atoms with Gasteiger partial charge >= 0.3 is 0 Å². The predicted molar refractivity (Wildman–Crippen MR) is 56.4 cm³/mol. The van der Waals surface area contributed by atoms with E-state index in [9.17, 15) is 9.90 Å². The van der Waals surface area contributed by atoms with Gasteiger partial charge in [0.15, 0.2) is 0 Å². The molecule has 4 heteroatoms. The molecule has 1 aromatic carbocycles. The first-order valence-electron chi connectivity index (χ1n) is 4.86. The lowest BCUT2D eigenvalue weighted by molar-refractivity contribution is 0.0462. The minimum Gasteiger partial charge on any atom is -0.394 e. The predicted octanol–water partition coefficient (Wildman–Crippen LogP) is -0.0815. The number of nitrogens with zero attached hydrogens (tertiary/aromatic N) is 1. The molecule has 0 spiro atoms. The average Bonchev–Trinajstić information content (AvgIpc) is 2.51. The van der Waals surface area contributed by atoms with E-state index in [1.165, 1.54) is 4.90 Å². The number of aliphatic hydroxyl groups excluding tert-OH is 1. The van der Waals surface area contributed by atoms with Gasteiger partial charge in [-0.3, -0.25) is 4.79 Å². The first kappa shape index (κ1) is 10.1. The monoisotopic (exact) mass is 206 g/mol. The van der Waals surface area contributed by atoms with E-state index in [0.717, 1.165) is 5.56 Å². The number of hydrogen-bond acceptors (Lipinski definition) is 3. The molecule has 80 valence electrons. The van der Waals surface area contributed by atoms with Crippen molar-refractivity contribution >= 4 is 5.91 Å². The highest BCUT2D eigenvalue weighted by molar-refractivity contribution is 5.99. The Balaban J connectivity index is 2.65. The molecule has 0 radical (unpaired) electrons. The van der Waals surface area contributed by atoms with Crippen molar-refractivity contribution < 1.29 is 9.90 Å². The number of fused-ring (bicyclic) bond motifs is 1. The van der Waals surface area contributed by atoms with E-state index in [1.54, 1.807) is 13.1 Å². The SMILES string of the molecule is CN1C(=O)c2ccccc2C1(CN)CO. The van der Waals surface area contributed by atoms with Crippen molar-refractivity contribution in [3.05, 3.63) is 35.4 Å². The van der Waals surface area contributed by atoms with Gasteiger partial charge in [-0.25, -0.2) is 0 Å². The van der Waals surface area contributed by atoms with Crippen LogP contribution >= 0.6 is 0 Å². The number of aliphatic hydroxyl groups is 1. The van der Waals surface area contributed by atoms with Gasteiger partial charge in [0.2, 0.25) is 0 Å². The molecule has 0 fully saturated rings. The van der Waals surface area contributed by atoms with Crippen LogP contribution in [-0.2, 0) is 5.54 Å². The van der Waals surface area contributed by atoms with Crippen LogP contribution in [0.3, 0.4) is 0 Å². The molecule has 1 aliphatic heterocycles. The number of likely N-dealkylation sites (N-methyl/N-ethyl adjacent to an activating group) is 1. The molecular formula is C11H14N2O2. The molecule has 1 amide bonds. The summed E-state index contributed by atoms with van der Waals surface area (Å²) in [5, 5.41) is 9.48. The maximum atomic E-state index is 11.9. The standard InChI is InChI=1S/C11H14N2O2/c1-13-10(15)8-4-2-3-5-9(8)11(13,6-12)7-14/h2-5,14H,6-7,12H2,1H3. The van der Waals surface area contributed by atoms with Gasteiger partial charge in [0.05, 0.1) is 6.61 Å². The highest BCUT2D eigenvalue weighted by atomic mass is 16.3. The topological polar surface area (TPSA) is 66.6 Å². The second kappa shape index (κ2) is 3.32. The third kappa shape index (κ3) is 1.12. The van der Waals surface area contributed by atoms with E-state index in [4.69, 9.17) is 5.73 Å². The Hall–Kier alpha value is -1.39. The highest BCUT2D eigenvalue weighted by Crippen LogP contribution is 2.36. The molecule has 2 rings (SSSR count). The van der Waals surface area contributed by atoms with Gasteiger partial charge in [0, 0.05) is 19.2 Å². The number of amides is 1. The van der Waals surface area contributed by atoms with Crippen LogP contribution in [0.15, 0.2) is 24.3 Å². The second-order valence-corrected chi connectivity index (χ2v) is 3.80. The number of rotatable bonds is 2. The van der Waals surface area contributed by atoms with E-state index in [1.807, 2.05) is 18.2 Å². The van der Waals surface area contributed by atoms with Crippen molar-refractivity contribution in [2.45, 2.75) is 5.54 Å². The molecule has 0 bridgehead atoms. The summed E-state index contributed by atoms with van der Waals surface area (Å²) in [6.07, 6.45) is 0. The summed E-state index contributed by atoms with van der Waals surface area (Å²) in [6, 6.07) is 7.28. The van der Waals surface area contributed by atoms with Crippen LogP contribution < -0.4 is 5.73 Å². The maximum Gasteiger partial charge on any atom is 0.254 e. The highest BCUT2D eigenvalue weighted by Gasteiger charge is 2.46. The summed E-state index contributed by atoms with van der Waals surface area (Å²) in [7, 11) is 1.67. The number of carbonyl (C=O) groups is 1. The zero-order valence-electron chi connectivity index (χ0n) is 8.60. The van der Waals surface area contributed by atoms with Crippen LogP contribution in [-0.4, -0.2) is 36.1 Å². The van der Waals surface area contributed by atoms with Gasteiger partial charge in [0.25, 0.3) is 5.91 Å². The number of nitrogens with two attached hydrogens (primary N) is 1. The van der Waals surface area contributed by atoms with Gasteiger partial charge in [-0.15, -0.1) is 0 Å². The Morgan fingerprint density at radius 1 is 1.47 bits per heavy atom. The number of benzene rings is 1. The first-order chi connectivity index (χ1) is 7.17. The van der Waals surface area contributed by atoms with Crippen molar-refractivity contribution in [3.8, 4) is 0 Å². The second-order valence-electron chi connectivity index (χ2n) is 3.80. The lowest BCUT2D eigenvalue weighted by Crippen LogP contribution is -2.49. The van der Waals surface area contributed by atoms with Crippen molar-refractivity contribution in [3.63, 3.8) is 0 Å². The van der Waals surface area contributed by atoms with E-state index in [-0.39, 0.29) is 19.1 Å². The normalized spacial score (nSPS) is 24.5. The van der Waals surface area contributed by atoms with Crippen LogP contribution in [0.5, 0.6) is 0 Å². The maximum absolute atomic E-state index is 11.9. The van der Waals surface area contributed by atoms with E-state index in [0.29, 0.717) is 5.56 Å². The molecule has 0 aliphatic carbocycles. The molecule has 0 saturated heterocycles. The van der Waals surface area contributed by atoms with E-state index < -0.39 is 5.54 Å². The van der Waals surface area contributed by atoms with Crippen LogP contribution in [0.1, 0.15) is 15.9 Å². The number of hydrogen-bond donors (Lipinski definition) is 2. The molecule has 15 heavy (non-hydrogen) atoms. The van der Waals surface area contributed by atoms with Gasteiger partial charge in [-0.05, 0) is 11.6 Å². The Morgan fingerprint density at radius 2 is 2.13 bits per heavy atom. The van der Waals surface area contributed by atoms with E-state index in [2.05, 4.69) is 0 Å². The summed E-state index contributed by atoms with van der Waals surface area (Å²) >= 11 is 0. The molecule has 1 atom stereocenters. The molecule has 1 heterocycles. The summed E-state index contributed by atoms with van der Waals surface area (Å²) < 4.78 is 0. The van der Waals surface area contributed by atoms with Crippen molar-refractivity contribution in [2.75, 3.05) is 20.2 Å². The molecule has 0 saturated carbocycles. The van der Waals surface area contributed by atoms with E-state index >= 15 is 0 Å². The Bertz CT molecular complexity index is 399. The molecule has 0 aromatic heterocycles. The zero-order valence-corrected chi connectivity index (χ0v) is 8.60. The smallest absolute Gasteiger partial charge is 0.254 e. The Labute approximate surface area is 88.3 Å². The minimum atomic E-state index is -0.742. The molecule has 4 nitrogen and oxygen atoms in total. The summed E-state index contributed by atoms with van der Waals surface area (Å²) in [4.78, 5) is 13.4. The fraction of sp³-hybridized carbons (Fsp3) is 0.364. The summed E-state index contributed by atoms with van der Waals surface area (Å²) in [5.41, 5.74) is 6.41. The zero-order chi connectivity index (χ0) is 11.1. The molecule has 1 aromatic rings. The largest absolute Gasteiger partial charge is 0.394 e. The molecule has 3 N–H and O–H groups in total. The van der Waals surface area contributed by atoms with Crippen LogP contribution in [0.4, 0.5) is 0 Å². The van der Waals surface area contributed by atoms with Crippen molar-refractivity contribution in [2.24, 2.45) is 5.73 Å². The minimum absolute atomic E-state index is 0.0786. The Kier molecular flexibility index (Phi) is 2.25. The fourth-order valence-corrected chi connectivity index (χ4v) is 2.13. The van der Waals surface area contributed by atoms with Gasteiger partial charge in [0.1, 0.15) is 5.54 Å². The third-order valence-corrected chi connectivity index (χ3v) is 3.20. The van der Waals surface area contributed by atoms with Gasteiger partial charge in [-0.1, -0.05) is 18.2 Å². The lowest BCUT2D eigenvalue weighted by Gasteiger charge is -2.33. The summed E-state index contributed by atoms with van der Waals surface area (Å²) in [6.45, 7) is 0.0749. The number of carbonyl (C=O) groups excluding carboxylic acids is 1. The van der Waals surface area contributed by atoms with Crippen molar-refractivity contribution in [1.29, 1.82) is 0 Å². The van der Waals surface area contributed by atoms with Crippen LogP contribution in [0, 0.1) is 0 Å². The molecule has 1 aliphatic rings. The Morgan fingerprint density at radius 3 is 2.73 bits per heavy atom. The summed E-state index contributed by atoms with van der Waals surface area (Å²) in [5.74, 6) is -0.0786. The third-order valence-electron chi connectivity index (χ3n) is 3.20. The lowest BCUT2D eigenvalue weighted by atomic mass is 9.91. The quantitative estimate of drug-likeness (QED) is 0.711. The van der Waals surface area contributed by atoms with Crippen LogP contribution in [0.2, 0.25) is 0 Å². The average molecular weight is 206 g/mol. The van der Waals surface area contributed by atoms with Gasteiger partial charge in [-0.2, -0.15) is 0 Å². The molecular weight excluding hydrogens is 192 g/mol. The van der Waals surface area contributed by atoms with Crippen LogP contribution in [0.25, 0.3) is 0 Å². The molecule has 1 unspecified atom stereocenters.